The molecule has 0 aliphatic rings. The quantitative estimate of drug-likeness (QED) is 0.454. The Bertz CT molecular complexity index is 944. The van der Waals surface area contributed by atoms with E-state index in [1.807, 2.05) is 22.9 Å². The summed E-state index contributed by atoms with van der Waals surface area (Å²) >= 11 is 0. The van der Waals surface area contributed by atoms with E-state index in [4.69, 9.17) is 19.9 Å². The van der Waals surface area contributed by atoms with E-state index in [0.29, 0.717) is 24.2 Å². The minimum atomic E-state index is -1.14. The zero-order valence-corrected chi connectivity index (χ0v) is 18.2. The summed E-state index contributed by atoms with van der Waals surface area (Å²) in [6.07, 6.45) is 3.66. The molecule has 3 rings (SSSR count). The lowest BCUT2D eigenvalue weighted by Gasteiger charge is -2.15. The van der Waals surface area contributed by atoms with Crippen molar-refractivity contribution >= 4 is 24.9 Å². The van der Waals surface area contributed by atoms with E-state index in [0.717, 1.165) is 34.8 Å². The predicted octanol–water partition coefficient (Wildman–Crippen LogP) is 4.01. The summed E-state index contributed by atoms with van der Waals surface area (Å²) in [6.45, 7) is 8.14. The third kappa shape index (κ3) is 4.28. The lowest BCUT2D eigenvalue weighted by atomic mass is 10.1. The number of hydrogen-bond donors (Lipinski definition) is 1. The first-order chi connectivity index (χ1) is 13.3. The van der Waals surface area contributed by atoms with Crippen LogP contribution in [0.3, 0.4) is 0 Å². The maximum atomic E-state index is 5.94. The van der Waals surface area contributed by atoms with Gasteiger partial charge in [0.1, 0.15) is 23.9 Å². The van der Waals surface area contributed by atoms with Crippen molar-refractivity contribution < 1.29 is 14.2 Å². The molecule has 0 aliphatic carbocycles. The number of methoxy groups -OCH3 is 2. The van der Waals surface area contributed by atoms with Crippen LogP contribution < -0.4 is 15.2 Å². The Balaban J connectivity index is 2.03. The molecular formula is C20H28N4O3Si. The van der Waals surface area contributed by atoms with Gasteiger partial charge in [0.25, 0.3) is 0 Å². The number of nitrogen functional groups attached to an aromatic ring is 1. The molecule has 0 fully saturated rings. The van der Waals surface area contributed by atoms with Gasteiger partial charge in [0.15, 0.2) is 0 Å². The molecule has 8 heteroatoms. The van der Waals surface area contributed by atoms with Crippen molar-refractivity contribution in [1.29, 1.82) is 0 Å². The zero-order chi connectivity index (χ0) is 20.3. The Morgan fingerprint density at radius 1 is 1.11 bits per heavy atom. The average Bonchev–Trinajstić information content (AvgIpc) is 3.01. The van der Waals surface area contributed by atoms with E-state index in [-0.39, 0.29) is 0 Å². The monoisotopic (exact) mass is 400 g/mol. The molecule has 0 aromatic carbocycles. The summed E-state index contributed by atoms with van der Waals surface area (Å²) in [7, 11) is 2.09. The van der Waals surface area contributed by atoms with Crippen LogP contribution in [0.5, 0.6) is 11.6 Å². The minimum absolute atomic E-state index is 0.405. The van der Waals surface area contributed by atoms with Gasteiger partial charge in [0, 0.05) is 38.0 Å². The van der Waals surface area contributed by atoms with Gasteiger partial charge in [0.05, 0.1) is 19.8 Å². The molecular weight excluding hydrogens is 372 g/mol. The smallest absolute Gasteiger partial charge is 0.224 e. The highest BCUT2D eigenvalue weighted by atomic mass is 28.3. The largest absolute Gasteiger partial charge is 0.496 e. The zero-order valence-electron chi connectivity index (χ0n) is 17.2. The predicted molar refractivity (Wildman–Crippen MR) is 115 cm³/mol. The number of anilines is 1. The number of aromatic nitrogens is 3. The first-order valence-corrected chi connectivity index (χ1v) is 12.9. The summed E-state index contributed by atoms with van der Waals surface area (Å²) in [5.74, 6) is 1.64. The van der Waals surface area contributed by atoms with Crippen LogP contribution in [0.4, 0.5) is 5.82 Å². The van der Waals surface area contributed by atoms with Gasteiger partial charge in [-0.05, 0) is 24.2 Å². The second kappa shape index (κ2) is 8.20. The van der Waals surface area contributed by atoms with E-state index < -0.39 is 8.07 Å². The fraction of sp³-hybridized carbons (Fsp3) is 0.400. The number of nitrogens with zero attached hydrogens (tertiary/aromatic N) is 3. The molecule has 0 saturated carbocycles. The molecule has 0 atom stereocenters. The summed E-state index contributed by atoms with van der Waals surface area (Å²) in [4.78, 5) is 8.86. The topological polar surface area (TPSA) is 84.4 Å². The van der Waals surface area contributed by atoms with Crippen molar-refractivity contribution in [2.75, 3.05) is 26.6 Å². The highest BCUT2D eigenvalue weighted by molar-refractivity contribution is 6.76. The van der Waals surface area contributed by atoms with Crippen LogP contribution in [0.1, 0.15) is 0 Å². The van der Waals surface area contributed by atoms with Crippen LogP contribution in [-0.4, -0.2) is 43.4 Å². The van der Waals surface area contributed by atoms with Crippen molar-refractivity contribution in [3.8, 4) is 22.8 Å². The van der Waals surface area contributed by atoms with Crippen LogP contribution >= 0.6 is 0 Å². The minimum Gasteiger partial charge on any atom is -0.496 e. The Hall–Kier alpha value is -2.58. The van der Waals surface area contributed by atoms with E-state index in [1.165, 1.54) is 0 Å². The molecule has 3 aromatic rings. The summed E-state index contributed by atoms with van der Waals surface area (Å²) in [5.41, 5.74) is 8.40. The molecule has 3 aromatic heterocycles. The second-order valence-corrected chi connectivity index (χ2v) is 13.5. The van der Waals surface area contributed by atoms with Gasteiger partial charge in [-0.25, -0.2) is 9.97 Å². The van der Waals surface area contributed by atoms with Crippen molar-refractivity contribution in [2.24, 2.45) is 0 Å². The van der Waals surface area contributed by atoms with Gasteiger partial charge >= 0.3 is 0 Å². The standard InChI is InChI=1S/C20H28N4O3Si/c1-25-16-8-9-22-20(26-2)18(16)15-12-24(13-27-10-11-28(3,4)5)19-14(15)6-7-17(21)23-19/h6-9,12H,10-11,13H2,1-5H3,(H2,21,23). The van der Waals surface area contributed by atoms with Crippen molar-refractivity contribution in [3.05, 3.63) is 30.6 Å². The number of pyridine rings is 2. The number of hydrogen-bond acceptors (Lipinski definition) is 6. The molecule has 150 valence electrons. The lowest BCUT2D eigenvalue weighted by Crippen LogP contribution is -2.22. The number of rotatable bonds is 8. The van der Waals surface area contributed by atoms with Crippen LogP contribution in [0.15, 0.2) is 30.6 Å². The molecule has 0 amide bonds. The van der Waals surface area contributed by atoms with Crippen LogP contribution in [-0.2, 0) is 11.5 Å². The number of nitrogens with two attached hydrogens (primary N) is 1. The molecule has 28 heavy (non-hydrogen) atoms. The Morgan fingerprint density at radius 3 is 2.57 bits per heavy atom. The van der Waals surface area contributed by atoms with Gasteiger partial charge in [0.2, 0.25) is 5.88 Å². The first-order valence-electron chi connectivity index (χ1n) is 9.24. The number of ether oxygens (including phenoxy) is 3. The molecule has 0 unspecified atom stereocenters. The van der Waals surface area contributed by atoms with Crippen LogP contribution in [0.25, 0.3) is 22.2 Å². The van der Waals surface area contributed by atoms with Crippen LogP contribution in [0.2, 0.25) is 25.7 Å². The third-order valence-corrected chi connectivity index (χ3v) is 6.24. The maximum absolute atomic E-state index is 5.94. The normalized spacial score (nSPS) is 11.8. The van der Waals surface area contributed by atoms with E-state index in [9.17, 15) is 0 Å². The molecule has 3 heterocycles. The third-order valence-electron chi connectivity index (χ3n) is 4.53. The summed E-state index contributed by atoms with van der Waals surface area (Å²) in [6, 6.07) is 6.67. The van der Waals surface area contributed by atoms with Crippen molar-refractivity contribution in [3.63, 3.8) is 0 Å². The first kappa shape index (κ1) is 20.2. The van der Waals surface area contributed by atoms with Crippen molar-refractivity contribution in [1.82, 2.24) is 14.5 Å². The fourth-order valence-corrected chi connectivity index (χ4v) is 3.77. The Labute approximate surface area is 166 Å². The number of fused-ring (bicyclic) bond motifs is 1. The van der Waals surface area contributed by atoms with Gasteiger partial charge in [-0.1, -0.05) is 19.6 Å². The molecule has 0 saturated heterocycles. The molecule has 0 spiro atoms. The Morgan fingerprint density at radius 2 is 1.89 bits per heavy atom. The van der Waals surface area contributed by atoms with Crippen LogP contribution in [0, 0.1) is 0 Å². The molecule has 0 radical (unpaired) electrons. The summed E-state index contributed by atoms with van der Waals surface area (Å²) < 4.78 is 19.0. The fourth-order valence-electron chi connectivity index (χ4n) is 3.02. The van der Waals surface area contributed by atoms with E-state index in [1.54, 1.807) is 26.5 Å². The van der Waals surface area contributed by atoms with Gasteiger partial charge in [-0.15, -0.1) is 0 Å². The van der Waals surface area contributed by atoms with E-state index >= 15 is 0 Å². The second-order valence-electron chi connectivity index (χ2n) is 7.87. The molecule has 2 N–H and O–H groups in total. The SMILES string of the molecule is COc1ccnc(OC)c1-c1cn(COCC[Si](C)(C)C)c2nc(N)ccc12. The highest BCUT2D eigenvalue weighted by Gasteiger charge is 2.20. The Kier molecular flexibility index (Phi) is 5.90. The average molecular weight is 401 g/mol. The van der Waals surface area contributed by atoms with Crippen molar-refractivity contribution in [2.45, 2.75) is 32.4 Å². The molecule has 0 aliphatic heterocycles. The van der Waals surface area contributed by atoms with Gasteiger partial charge < -0.3 is 24.5 Å². The lowest BCUT2D eigenvalue weighted by molar-refractivity contribution is 0.0899. The molecule has 7 nitrogen and oxygen atoms in total. The highest BCUT2D eigenvalue weighted by Crippen LogP contribution is 2.41. The summed E-state index contributed by atoms with van der Waals surface area (Å²) in [5, 5.41) is 0.938. The van der Waals surface area contributed by atoms with Gasteiger partial charge in [-0.2, -0.15) is 0 Å². The van der Waals surface area contributed by atoms with E-state index in [2.05, 4.69) is 29.6 Å². The molecule has 0 bridgehead atoms. The maximum Gasteiger partial charge on any atom is 0.224 e. The van der Waals surface area contributed by atoms with Gasteiger partial charge in [-0.3, -0.25) is 0 Å².